The number of amides is 3. The van der Waals surface area contributed by atoms with Crippen molar-refractivity contribution in [2.45, 2.75) is 19.3 Å². The quantitative estimate of drug-likeness (QED) is 0.774. The van der Waals surface area contributed by atoms with Crippen LogP contribution in [0.3, 0.4) is 0 Å². The highest BCUT2D eigenvalue weighted by Crippen LogP contribution is 2.11. The summed E-state index contributed by atoms with van der Waals surface area (Å²) in [5.74, 6) is 0.0972. The molecule has 2 aliphatic rings. The lowest BCUT2D eigenvalue weighted by Crippen LogP contribution is -2.53. The average molecular weight is 336 g/mol. The number of likely N-dealkylation sites (tertiary alicyclic amines) is 1. The maximum absolute atomic E-state index is 12.3. The van der Waals surface area contributed by atoms with Crippen molar-refractivity contribution in [3.63, 3.8) is 0 Å². The molecule has 0 atom stereocenters. The van der Waals surface area contributed by atoms with Gasteiger partial charge in [-0.15, -0.1) is 11.3 Å². The van der Waals surface area contributed by atoms with Crippen molar-refractivity contribution in [2.24, 2.45) is 0 Å². The summed E-state index contributed by atoms with van der Waals surface area (Å²) in [5.41, 5.74) is 2.52. The van der Waals surface area contributed by atoms with Crippen molar-refractivity contribution in [3.05, 3.63) is 16.6 Å². The minimum atomic E-state index is -0.0214. The summed E-state index contributed by atoms with van der Waals surface area (Å²) in [5, 5.41) is 1.88. The first-order valence-corrected chi connectivity index (χ1v) is 8.78. The highest BCUT2D eigenvalue weighted by Gasteiger charge is 2.28. The lowest BCUT2D eigenvalue weighted by Gasteiger charge is -2.35. The molecular weight excluding hydrogens is 316 g/mol. The van der Waals surface area contributed by atoms with Gasteiger partial charge < -0.3 is 14.7 Å². The third-order valence-electron chi connectivity index (χ3n) is 4.30. The van der Waals surface area contributed by atoms with Crippen molar-refractivity contribution in [3.8, 4) is 0 Å². The molecule has 1 aromatic heterocycles. The molecule has 7 nitrogen and oxygen atoms in total. The van der Waals surface area contributed by atoms with Crippen LogP contribution in [0.5, 0.6) is 0 Å². The third-order valence-corrected chi connectivity index (χ3v) is 4.93. The molecule has 1 aromatic rings. The van der Waals surface area contributed by atoms with Crippen LogP contribution in [0.1, 0.15) is 18.5 Å². The molecule has 23 heavy (non-hydrogen) atoms. The zero-order valence-corrected chi connectivity index (χ0v) is 13.8. The normalized spacial score (nSPS) is 18.6. The minimum Gasteiger partial charge on any atom is -0.339 e. The molecule has 0 aliphatic carbocycles. The van der Waals surface area contributed by atoms with E-state index < -0.39 is 0 Å². The van der Waals surface area contributed by atoms with Crippen LogP contribution >= 0.6 is 11.3 Å². The highest BCUT2D eigenvalue weighted by molar-refractivity contribution is 7.07. The first kappa shape index (κ1) is 15.9. The lowest BCUT2D eigenvalue weighted by atomic mass is 10.2. The van der Waals surface area contributed by atoms with Crippen molar-refractivity contribution in [2.75, 3.05) is 39.3 Å². The Morgan fingerprint density at radius 2 is 1.78 bits per heavy atom. The van der Waals surface area contributed by atoms with Crippen LogP contribution in [0.25, 0.3) is 0 Å². The Hall–Kier alpha value is -1.96. The Balaban J connectivity index is 1.45. The van der Waals surface area contributed by atoms with Crippen LogP contribution in [0.15, 0.2) is 10.9 Å². The fourth-order valence-electron chi connectivity index (χ4n) is 2.93. The summed E-state index contributed by atoms with van der Waals surface area (Å²) in [7, 11) is 0. The van der Waals surface area contributed by atoms with Gasteiger partial charge in [0.1, 0.15) is 0 Å². The maximum Gasteiger partial charge on any atom is 0.242 e. The monoisotopic (exact) mass is 336 g/mol. The van der Waals surface area contributed by atoms with Crippen molar-refractivity contribution in [1.82, 2.24) is 19.7 Å². The number of thiazole rings is 1. The van der Waals surface area contributed by atoms with Gasteiger partial charge in [0, 0.05) is 44.5 Å². The maximum atomic E-state index is 12.3. The first-order valence-electron chi connectivity index (χ1n) is 7.84. The van der Waals surface area contributed by atoms with Crippen LogP contribution < -0.4 is 0 Å². The second-order valence-electron chi connectivity index (χ2n) is 5.84. The van der Waals surface area contributed by atoms with E-state index in [1.165, 1.54) is 11.3 Å². The summed E-state index contributed by atoms with van der Waals surface area (Å²) in [6, 6.07) is 0. The van der Waals surface area contributed by atoms with Crippen molar-refractivity contribution >= 4 is 29.1 Å². The van der Waals surface area contributed by atoms with Crippen LogP contribution in [-0.4, -0.2) is 76.7 Å². The number of nitrogens with zero attached hydrogens (tertiary/aromatic N) is 4. The Bertz CT molecular complexity index is 582. The van der Waals surface area contributed by atoms with E-state index in [1.54, 1.807) is 20.2 Å². The zero-order valence-electron chi connectivity index (χ0n) is 12.9. The molecule has 124 valence electrons. The molecule has 3 rings (SSSR count). The van der Waals surface area contributed by atoms with E-state index in [-0.39, 0.29) is 24.3 Å². The molecule has 2 fully saturated rings. The van der Waals surface area contributed by atoms with Gasteiger partial charge in [0.05, 0.1) is 24.2 Å². The zero-order chi connectivity index (χ0) is 16.2. The molecule has 2 saturated heterocycles. The number of rotatable bonds is 4. The van der Waals surface area contributed by atoms with Crippen molar-refractivity contribution < 1.29 is 14.4 Å². The highest BCUT2D eigenvalue weighted by atomic mass is 32.1. The first-order chi connectivity index (χ1) is 11.1. The molecule has 3 heterocycles. The van der Waals surface area contributed by atoms with Gasteiger partial charge in [-0.1, -0.05) is 0 Å². The van der Waals surface area contributed by atoms with Crippen molar-refractivity contribution in [1.29, 1.82) is 0 Å². The van der Waals surface area contributed by atoms with Crippen LogP contribution in [0.4, 0.5) is 0 Å². The lowest BCUT2D eigenvalue weighted by molar-refractivity contribution is -0.142. The van der Waals surface area contributed by atoms with E-state index in [1.807, 2.05) is 5.38 Å². The molecule has 0 N–H and O–H groups in total. The minimum absolute atomic E-state index is 0.0214. The number of piperazine rings is 1. The summed E-state index contributed by atoms with van der Waals surface area (Å²) in [4.78, 5) is 45.3. The largest absolute Gasteiger partial charge is 0.339 e. The molecular formula is C15H20N4O3S. The second-order valence-corrected chi connectivity index (χ2v) is 6.56. The van der Waals surface area contributed by atoms with Crippen LogP contribution in [-0.2, 0) is 20.8 Å². The molecule has 0 unspecified atom stereocenters. The molecule has 0 bridgehead atoms. The smallest absolute Gasteiger partial charge is 0.242 e. The molecule has 0 aromatic carbocycles. The average Bonchev–Trinajstić information content (AvgIpc) is 3.20. The van der Waals surface area contributed by atoms with Gasteiger partial charge in [-0.3, -0.25) is 14.4 Å². The third kappa shape index (κ3) is 3.87. The van der Waals surface area contributed by atoms with Gasteiger partial charge >= 0.3 is 0 Å². The number of hydrogen-bond donors (Lipinski definition) is 0. The number of hydrogen-bond acceptors (Lipinski definition) is 5. The molecule has 2 aliphatic heterocycles. The van der Waals surface area contributed by atoms with E-state index in [0.29, 0.717) is 45.6 Å². The Kier molecular flexibility index (Phi) is 4.90. The Morgan fingerprint density at radius 3 is 2.35 bits per heavy atom. The molecule has 8 heteroatoms. The predicted molar refractivity (Wildman–Crippen MR) is 84.8 cm³/mol. The second kappa shape index (κ2) is 7.08. The summed E-state index contributed by atoms with van der Waals surface area (Å²) in [6.07, 6.45) is 1.71. The predicted octanol–water partition coefficient (Wildman–Crippen LogP) is -0.0212. The molecule has 0 radical (unpaired) electrons. The molecule has 0 saturated carbocycles. The summed E-state index contributed by atoms with van der Waals surface area (Å²) in [6.45, 7) is 3.00. The van der Waals surface area contributed by atoms with E-state index in [2.05, 4.69) is 4.98 Å². The van der Waals surface area contributed by atoms with Gasteiger partial charge in [-0.25, -0.2) is 4.98 Å². The number of carbonyl (C=O) groups is 3. The summed E-state index contributed by atoms with van der Waals surface area (Å²) < 4.78 is 0. The fraction of sp³-hybridized carbons (Fsp3) is 0.600. The van der Waals surface area contributed by atoms with Gasteiger partial charge in [0.25, 0.3) is 0 Å². The topological polar surface area (TPSA) is 73.8 Å². The Labute approximate surface area is 138 Å². The SMILES string of the molecule is O=C(Cc1cscn1)N1CCN(C(=O)CN2CCCC2=O)CC1. The van der Waals surface area contributed by atoms with Crippen LogP contribution in [0.2, 0.25) is 0 Å². The fourth-order valence-corrected chi connectivity index (χ4v) is 3.49. The van der Waals surface area contributed by atoms with E-state index in [9.17, 15) is 14.4 Å². The van der Waals surface area contributed by atoms with E-state index >= 15 is 0 Å². The molecule has 0 spiro atoms. The van der Waals surface area contributed by atoms with Gasteiger partial charge in [0.2, 0.25) is 17.7 Å². The van der Waals surface area contributed by atoms with Crippen LogP contribution in [0, 0.1) is 0 Å². The van der Waals surface area contributed by atoms with E-state index in [4.69, 9.17) is 0 Å². The van der Waals surface area contributed by atoms with Gasteiger partial charge in [-0.2, -0.15) is 0 Å². The number of carbonyl (C=O) groups excluding carboxylic acids is 3. The van der Waals surface area contributed by atoms with Gasteiger partial charge in [-0.05, 0) is 6.42 Å². The number of aromatic nitrogens is 1. The van der Waals surface area contributed by atoms with Gasteiger partial charge in [0.15, 0.2) is 0 Å². The van der Waals surface area contributed by atoms with E-state index in [0.717, 1.165) is 12.1 Å². The standard InChI is InChI=1S/C15H20N4O3S/c20-13-2-1-3-19(13)9-15(22)18-6-4-17(5-7-18)14(21)8-12-10-23-11-16-12/h10-11H,1-9H2. The Morgan fingerprint density at radius 1 is 1.09 bits per heavy atom. The summed E-state index contributed by atoms with van der Waals surface area (Å²) >= 11 is 1.48. The molecule has 3 amide bonds.